The smallest absolute Gasteiger partial charge is 0.198 e. The van der Waals surface area contributed by atoms with E-state index in [0.29, 0.717) is 16.1 Å². The predicted octanol–water partition coefficient (Wildman–Crippen LogP) is 2.18. The normalized spacial score (nSPS) is 10.4. The third-order valence-electron chi connectivity index (χ3n) is 2.35. The highest BCUT2D eigenvalue weighted by molar-refractivity contribution is 6.32. The molecule has 16 heavy (non-hydrogen) atoms. The molecular weight excluding hydrogens is 226 g/mol. The van der Waals surface area contributed by atoms with E-state index in [9.17, 15) is 4.79 Å². The van der Waals surface area contributed by atoms with E-state index < -0.39 is 0 Å². The molecule has 1 aromatic carbocycles. The molecule has 0 amide bonds. The molecule has 0 aliphatic carbocycles. The second kappa shape index (κ2) is 3.98. The number of nitrogens with two attached hydrogens (primary N) is 1. The van der Waals surface area contributed by atoms with Crippen LogP contribution in [-0.2, 0) is 0 Å². The van der Waals surface area contributed by atoms with Gasteiger partial charge in [-0.25, -0.2) is 0 Å². The lowest BCUT2D eigenvalue weighted by molar-refractivity contribution is 0.103. The van der Waals surface area contributed by atoms with E-state index in [1.54, 1.807) is 18.2 Å². The van der Waals surface area contributed by atoms with Crippen molar-refractivity contribution in [2.24, 2.45) is 0 Å². The van der Waals surface area contributed by atoms with Crippen molar-refractivity contribution in [1.29, 1.82) is 0 Å². The molecule has 5 heteroatoms. The monoisotopic (exact) mass is 235 g/mol. The Morgan fingerprint density at radius 1 is 1.50 bits per heavy atom. The number of hydrogen-bond donors (Lipinski definition) is 2. The average molecular weight is 236 g/mol. The maximum Gasteiger partial charge on any atom is 0.198 e. The first-order valence-corrected chi connectivity index (χ1v) is 5.07. The Balaban J connectivity index is 2.42. The van der Waals surface area contributed by atoms with Crippen LogP contribution in [0.25, 0.3) is 0 Å². The van der Waals surface area contributed by atoms with E-state index in [-0.39, 0.29) is 11.6 Å². The number of carbonyl (C=O) groups excluding carboxylic acids is 1. The van der Waals surface area contributed by atoms with E-state index in [1.807, 2.05) is 6.92 Å². The number of nitrogen functional groups attached to an aromatic ring is 1. The first-order valence-electron chi connectivity index (χ1n) is 4.69. The van der Waals surface area contributed by atoms with Crippen LogP contribution in [0.15, 0.2) is 24.4 Å². The van der Waals surface area contributed by atoms with Crippen LogP contribution in [0.4, 0.5) is 5.82 Å². The summed E-state index contributed by atoms with van der Waals surface area (Å²) in [5.74, 6) is 0.0786. The van der Waals surface area contributed by atoms with E-state index in [0.717, 1.165) is 5.56 Å². The molecule has 2 aromatic rings. The fraction of sp³-hybridized carbons (Fsp3) is 0.0909. The lowest BCUT2D eigenvalue weighted by Crippen LogP contribution is -2.03. The molecule has 1 aromatic heterocycles. The molecular formula is C11H10ClN3O. The Morgan fingerprint density at radius 3 is 2.81 bits per heavy atom. The van der Waals surface area contributed by atoms with E-state index in [1.165, 1.54) is 6.20 Å². The Kier molecular flexibility index (Phi) is 2.66. The summed E-state index contributed by atoms with van der Waals surface area (Å²) in [6.45, 7) is 1.88. The number of aromatic nitrogens is 2. The number of ketones is 1. The van der Waals surface area contributed by atoms with Crippen LogP contribution >= 0.6 is 11.6 Å². The molecule has 0 bridgehead atoms. The summed E-state index contributed by atoms with van der Waals surface area (Å²) in [4.78, 5) is 12.0. The summed E-state index contributed by atoms with van der Waals surface area (Å²) >= 11 is 5.95. The van der Waals surface area contributed by atoms with Crippen LogP contribution in [0.3, 0.4) is 0 Å². The van der Waals surface area contributed by atoms with Crippen molar-refractivity contribution < 1.29 is 4.79 Å². The zero-order valence-electron chi connectivity index (χ0n) is 8.62. The van der Waals surface area contributed by atoms with Gasteiger partial charge in [0.05, 0.1) is 11.8 Å². The Labute approximate surface area is 97.4 Å². The van der Waals surface area contributed by atoms with Gasteiger partial charge in [-0.2, -0.15) is 5.10 Å². The first-order chi connectivity index (χ1) is 7.59. The second-order valence-electron chi connectivity index (χ2n) is 3.49. The summed E-state index contributed by atoms with van der Waals surface area (Å²) in [5, 5.41) is 6.79. The molecule has 0 saturated carbocycles. The maximum absolute atomic E-state index is 12.0. The van der Waals surface area contributed by atoms with Crippen molar-refractivity contribution in [3.63, 3.8) is 0 Å². The first kappa shape index (κ1) is 10.7. The van der Waals surface area contributed by atoms with Gasteiger partial charge in [0, 0.05) is 10.6 Å². The quantitative estimate of drug-likeness (QED) is 0.784. The number of benzene rings is 1. The fourth-order valence-electron chi connectivity index (χ4n) is 1.37. The number of aromatic amines is 1. The molecule has 0 aliphatic rings. The Hall–Kier alpha value is -1.81. The molecule has 0 spiro atoms. The molecule has 0 fully saturated rings. The van der Waals surface area contributed by atoms with Crippen LogP contribution in [0.5, 0.6) is 0 Å². The Morgan fingerprint density at radius 2 is 2.25 bits per heavy atom. The molecule has 3 N–H and O–H groups in total. The van der Waals surface area contributed by atoms with Crippen molar-refractivity contribution in [3.8, 4) is 0 Å². The number of rotatable bonds is 2. The molecule has 0 saturated heterocycles. The number of H-pyrrole nitrogens is 1. The van der Waals surface area contributed by atoms with Gasteiger partial charge in [0.1, 0.15) is 5.82 Å². The molecule has 0 radical (unpaired) electrons. The second-order valence-corrected chi connectivity index (χ2v) is 3.90. The van der Waals surface area contributed by atoms with Crippen LogP contribution in [0, 0.1) is 6.92 Å². The number of halogens is 1. The zero-order chi connectivity index (χ0) is 11.7. The highest BCUT2D eigenvalue weighted by Crippen LogP contribution is 2.20. The minimum atomic E-state index is -0.187. The number of hydrogen-bond acceptors (Lipinski definition) is 3. The maximum atomic E-state index is 12.0. The van der Waals surface area contributed by atoms with Gasteiger partial charge < -0.3 is 5.73 Å². The third-order valence-corrected chi connectivity index (χ3v) is 2.75. The molecule has 0 atom stereocenters. The van der Waals surface area contributed by atoms with Crippen LogP contribution in [0.1, 0.15) is 21.5 Å². The number of nitrogens with one attached hydrogen (secondary N) is 1. The lowest BCUT2D eigenvalue weighted by atomic mass is 10.0. The van der Waals surface area contributed by atoms with Crippen molar-refractivity contribution in [3.05, 3.63) is 46.1 Å². The third kappa shape index (κ3) is 1.79. The SMILES string of the molecule is Cc1ccc(C(=O)c2cn[nH]c2N)cc1Cl. The number of nitrogens with zero attached hydrogens (tertiary/aromatic N) is 1. The number of carbonyl (C=O) groups is 1. The summed E-state index contributed by atoms with van der Waals surface area (Å²) in [7, 11) is 0. The molecule has 0 unspecified atom stereocenters. The van der Waals surface area contributed by atoms with Crippen LogP contribution < -0.4 is 5.73 Å². The molecule has 4 nitrogen and oxygen atoms in total. The van der Waals surface area contributed by atoms with Gasteiger partial charge in [-0.05, 0) is 18.6 Å². The Bertz CT molecular complexity index is 548. The van der Waals surface area contributed by atoms with Gasteiger partial charge in [0.15, 0.2) is 5.78 Å². The molecule has 1 heterocycles. The summed E-state index contributed by atoms with van der Waals surface area (Å²) in [6, 6.07) is 5.15. The predicted molar refractivity (Wildman–Crippen MR) is 62.6 cm³/mol. The zero-order valence-corrected chi connectivity index (χ0v) is 9.38. The highest BCUT2D eigenvalue weighted by Gasteiger charge is 2.14. The van der Waals surface area contributed by atoms with Gasteiger partial charge in [0.2, 0.25) is 0 Å². The largest absolute Gasteiger partial charge is 0.383 e. The molecule has 0 aliphatic heterocycles. The standard InChI is InChI=1S/C11H10ClN3O/c1-6-2-3-7(4-9(6)12)10(16)8-5-14-15-11(8)13/h2-5H,1H3,(H3,13,14,15). The van der Waals surface area contributed by atoms with E-state index >= 15 is 0 Å². The van der Waals surface area contributed by atoms with Crippen molar-refractivity contribution >= 4 is 23.2 Å². The van der Waals surface area contributed by atoms with E-state index in [4.69, 9.17) is 17.3 Å². The van der Waals surface area contributed by atoms with Crippen LogP contribution in [-0.4, -0.2) is 16.0 Å². The topological polar surface area (TPSA) is 71.8 Å². The minimum Gasteiger partial charge on any atom is -0.383 e. The van der Waals surface area contributed by atoms with Gasteiger partial charge in [-0.3, -0.25) is 9.89 Å². The molecule has 2 rings (SSSR count). The molecule has 82 valence electrons. The van der Waals surface area contributed by atoms with Gasteiger partial charge in [-0.1, -0.05) is 23.7 Å². The summed E-state index contributed by atoms with van der Waals surface area (Å²) in [5.41, 5.74) is 7.37. The number of anilines is 1. The summed E-state index contributed by atoms with van der Waals surface area (Å²) in [6.07, 6.45) is 1.41. The minimum absolute atomic E-state index is 0.187. The summed E-state index contributed by atoms with van der Waals surface area (Å²) < 4.78 is 0. The van der Waals surface area contributed by atoms with E-state index in [2.05, 4.69) is 10.2 Å². The van der Waals surface area contributed by atoms with Crippen molar-refractivity contribution in [2.45, 2.75) is 6.92 Å². The van der Waals surface area contributed by atoms with Gasteiger partial charge in [0.25, 0.3) is 0 Å². The highest BCUT2D eigenvalue weighted by atomic mass is 35.5. The lowest BCUT2D eigenvalue weighted by Gasteiger charge is -2.02. The average Bonchev–Trinajstić information content (AvgIpc) is 2.67. The van der Waals surface area contributed by atoms with Crippen LogP contribution in [0.2, 0.25) is 5.02 Å². The fourth-order valence-corrected chi connectivity index (χ4v) is 1.55. The van der Waals surface area contributed by atoms with Gasteiger partial charge in [-0.15, -0.1) is 0 Å². The number of aryl methyl sites for hydroxylation is 1. The van der Waals surface area contributed by atoms with Gasteiger partial charge >= 0.3 is 0 Å². The van der Waals surface area contributed by atoms with Crippen molar-refractivity contribution in [1.82, 2.24) is 10.2 Å². The van der Waals surface area contributed by atoms with Crippen molar-refractivity contribution in [2.75, 3.05) is 5.73 Å².